The van der Waals surface area contributed by atoms with E-state index in [1.54, 1.807) is 24.3 Å². The first-order valence-corrected chi connectivity index (χ1v) is 9.37. The van der Waals surface area contributed by atoms with E-state index in [4.69, 9.17) is 16.3 Å². The molecule has 2 aromatic carbocycles. The second kappa shape index (κ2) is 7.68. The molecule has 0 spiro atoms. The van der Waals surface area contributed by atoms with Gasteiger partial charge in [-0.15, -0.1) is 0 Å². The molecule has 5 nitrogen and oxygen atoms in total. The molecule has 9 heteroatoms. The van der Waals surface area contributed by atoms with Gasteiger partial charge in [-0.05, 0) is 60.7 Å². The van der Waals surface area contributed by atoms with Crippen LogP contribution >= 0.6 is 11.6 Å². The van der Waals surface area contributed by atoms with Gasteiger partial charge < -0.3 is 9.84 Å². The maximum atomic E-state index is 13.9. The van der Waals surface area contributed by atoms with Crippen LogP contribution in [0.4, 0.5) is 13.2 Å². The third-order valence-electron chi connectivity index (χ3n) is 4.85. The van der Waals surface area contributed by atoms with Crippen LogP contribution in [0, 0.1) is 5.92 Å². The van der Waals surface area contributed by atoms with Gasteiger partial charge in [-0.2, -0.15) is 18.3 Å². The Hall–Kier alpha value is -2.58. The summed E-state index contributed by atoms with van der Waals surface area (Å²) >= 11 is 5.82. The fourth-order valence-corrected chi connectivity index (χ4v) is 3.41. The number of aliphatic hydroxyl groups excluding tert-OH is 1. The van der Waals surface area contributed by atoms with E-state index in [-0.39, 0.29) is 17.2 Å². The molecule has 1 N–H and O–H groups in total. The summed E-state index contributed by atoms with van der Waals surface area (Å²) in [7, 11) is 0. The normalized spacial score (nSPS) is 16.4. The second-order valence-corrected chi connectivity index (χ2v) is 7.39. The lowest BCUT2D eigenvalue weighted by molar-refractivity contribution is -0.138. The number of benzene rings is 2. The minimum Gasteiger partial charge on any atom is -0.457 e. The van der Waals surface area contributed by atoms with E-state index in [1.807, 2.05) is 0 Å². The fraction of sp³-hybridized carbons (Fsp3) is 0.300. The van der Waals surface area contributed by atoms with Gasteiger partial charge in [-0.25, -0.2) is 9.67 Å². The molecule has 2 unspecified atom stereocenters. The minimum atomic E-state index is -4.64. The summed E-state index contributed by atoms with van der Waals surface area (Å²) in [6.07, 6.45) is -1.55. The summed E-state index contributed by atoms with van der Waals surface area (Å²) in [5, 5.41) is 15.2. The molecule has 3 aromatic rings. The number of hydrogen-bond acceptors (Lipinski definition) is 4. The van der Waals surface area contributed by atoms with Crippen molar-refractivity contribution in [1.29, 1.82) is 0 Å². The van der Waals surface area contributed by atoms with E-state index >= 15 is 0 Å². The SMILES string of the molecule is OC(C1CC1)C(c1ccc(Oc2ccc(Cl)cc2)cc1C(F)(F)F)n1cncn1. The summed E-state index contributed by atoms with van der Waals surface area (Å²) in [6.45, 7) is 0. The summed E-state index contributed by atoms with van der Waals surface area (Å²) in [4.78, 5) is 3.83. The highest BCUT2D eigenvalue weighted by molar-refractivity contribution is 6.30. The van der Waals surface area contributed by atoms with E-state index in [0.29, 0.717) is 10.8 Å². The maximum Gasteiger partial charge on any atom is 0.416 e. The monoisotopic (exact) mass is 423 g/mol. The fourth-order valence-electron chi connectivity index (χ4n) is 3.28. The van der Waals surface area contributed by atoms with Gasteiger partial charge in [-0.1, -0.05) is 17.7 Å². The lowest BCUT2D eigenvalue weighted by Crippen LogP contribution is -2.29. The van der Waals surface area contributed by atoms with Crippen molar-refractivity contribution in [3.05, 3.63) is 71.3 Å². The largest absolute Gasteiger partial charge is 0.457 e. The van der Waals surface area contributed by atoms with Crippen LogP contribution in [0.15, 0.2) is 55.1 Å². The van der Waals surface area contributed by atoms with Crippen LogP contribution in [0.1, 0.15) is 30.0 Å². The average molecular weight is 424 g/mol. The molecule has 1 heterocycles. The van der Waals surface area contributed by atoms with Crippen molar-refractivity contribution >= 4 is 11.6 Å². The molecule has 1 aromatic heterocycles. The molecule has 1 fully saturated rings. The topological polar surface area (TPSA) is 60.2 Å². The Balaban J connectivity index is 1.74. The van der Waals surface area contributed by atoms with E-state index in [9.17, 15) is 18.3 Å². The molecular formula is C20H17ClF3N3O2. The summed E-state index contributed by atoms with van der Waals surface area (Å²) < 4.78 is 48.5. The molecule has 0 saturated heterocycles. The Bertz CT molecular complexity index is 974. The van der Waals surface area contributed by atoms with E-state index in [2.05, 4.69) is 10.1 Å². The van der Waals surface area contributed by atoms with Crippen LogP contribution in [0.2, 0.25) is 5.02 Å². The summed E-state index contributed by atoms with van der Waals surface area (Å²) in [5.74, 6) is 0.332. The van der Waals surface area contributed by atoms with Crippen LogP contribution in [-0.2, 0) is 6.18 Å². The molecule has 1 saturated carbocycles. The minimum absolute atomic E-state index is 0.0293. The maximum absolute atomic E-state index is 13.9. The number of alkyl halides is 3. The van der Waals surface area contributed by atoms with Gasteiger partial charge in [0, 0.05) is 5.02 Å². The van der Waals surface area contributed by atoms with Gasteiger partial charge in [0.05, 0.1) is 11.7 Å². The Kier molecular flexibility index (Phi) is 5.23. The van der Waals surface area contributed by atoms with Crippen LogP contribution in [-0.4, -0.2) is 26.0 Å². The zero-order valence-corrected chi connectivity index (χ0v) is 15.8. The Labute approximate surface area is 169 Å². The Morgan fingerprint density at radius 3 is 2.38 bits per heavy atom. The Morgan fingerprint density at radius 1 is 1.10 bits per heavy atom. The van der Waals surface area contributed by atoms with Gasteiger partial charge in [0.2, 0.25) is 0 Å². The number of hydrogen-bond donors (Lipinski definition) is 1. The van der Waals surface area contributed by atoms with Gasteiger partial charge in [-0.3, -0.25) is 0 Å². The Morgan fingerprint density at radius 2 is 1.79 bits per heavy atom. The average Bonchev–Trinajstić information content (AvgIpc) is 3.40. The predicted octanol–water partition coefficient (Wildman–Crippen LogP) is 5.10. The van der Waals surface area contributed by atoms with Crippen molar-refractivity contribution in [3.63, 3.8) is 0 Å². The number of ether oxygens (including phenoxy) is 1. The van der Waals surface area contributed by atoms with Crippen LogP contribution in [0.5, 0.6) is 11.5 Å². The van der Waals surface area contributed by atoms with Crippen molar-refractivity contribution < 1.29 is 23.0 Å². The molecular weight excluding hydrogens is 407 g/mol. The predicted molar refractivity (Wildman–Crippen MR) is 99.9 cm³/mol. The zero-order chi connectivity index (χ0) is 20.6. The van der Waals surface area contributed by atoms with Crippen LogP contribution in [0.25, 0.3) is 0 Å². The molecule has 0 aliphatic heterocycles. The van der Waals surface area contributed by atoms with Gasteiger partial charge >= 0.3 is 6.18 Å². The third-order valence-corrected chi connectivity index (χ3v) is 5.10. The molecule has 1 aliphatic carbocycles. The highest BCUT2D eigenvalue weighted by Gasteiger charge is 2.42. The smallest absolute Gasteiger partial charge is 0.416 e. The van der Waals surface area contributed by atoms with E-state index in [1.165, 1.54) is 29.5 Å². The molecule has 29 heavy (non-hydrogen) atoms. The van der Waals surface area contributed by atoms with Crippen molar-refractivity contribution in [2.75, 3.05) is 0 Å². The molecule has 0 bridgehead atoms. The first kappa shape index (κ1) is 19.7. The van der Waals surface area contributed by atoms with E-state index < -0.39 is 23.9 Å². The van der Waals surface area contributed by atoms with E-state index in [0.717, 1.165) is 18.9 Å². The number of aromatic nitrogens is 3. The number of rotatable bonds is 6. The summed E-state index contributed by atoms with van der Waals surface area (Å²) in [6, 6.07) is 9.02. The van der Waals surface area contributed by atoms with Gasteiger partial charge in [0.1, 0.15) is 30.2 Å². The molecule has 152 valence electrons. The number of aliphatic hydroxyl groups is 1. The zero-order valence-electron chi connectivity index (χ0n) is 15.1. The van der Waals surface area contributed by atoms with Crippen LogP contribution < -0.4 is 4.74 Å². The van der Waals surface area contributed by atoms with Crippen molar-refractivity contribution in [3.8, 4) is 11.5 Å². The number of halogens is 4. The molecule has 2 atom stereocenters. The van der Waals surface area contributed by atoms with Gasteiger partial charge in [0.25, 0.3) is 0 Å². The summed E-state index contributed by atoms with van der Waals surface area (Å²) in [5.41, 5.74) is -0.963. The molecule has 0 radical (unpaired) electrons. The van der Waals surface area contributed by atoms with Crippen molar-refractivity contribution in [2.45, 2.75) is 31.2 Å². The first-order valence-electron chi connectivity index (χ1n) is 8.99. The highest BCUT2D eigenvalue weighted by atomic mass is 35.5. The highest BCUT2D eigenvalue weighted by Crippen LogP contribution is 2.44. The van der Waals surface area contributed by atoms with Crippen LogP contribution in [0.3, 0.4) is 0 Å². The van der Waals surface area contributed by atoms with Crippen molar-refractivity contribution in [1.82, 2.24) is 14.8 Å². The quantitative estimate of drug-likeness (QED) is 0.599. The number of nitrogens with zero attached hydrogens (tertiary/aromatic N) is 3. The second-order valence-electron chi connectivity index (χ2n) is 6.95. The molecule has 4 rings (SSSR count). The van der Waals surface area contributed by atoms with Gasteiger partial charge in [0.15, 0.2) is 0 Å². The third kappa shape index (κ3) is 4.38. The van der Waals surface area contributed by atoms with Crippen molar-refractivity contribution in [2.24, 2.45) is 5.92 Å². The molecule has 0 amide bonds. The standard InChI is InChI=1S/C20H17ClF3N3O2/c21-13-3-5-14(6-4-13)29-15-7-8-16(17(9-15)20(22,23)24)18(19(28)12-1-2-12)27-11-25-10-26-27/h3-12,18-19,28H,1-2H2. The molecule has 1 aliphatic rings. The first-order chi connectivity index (χ1) is 13.8. The lowest BCUT2D eigenvalue weighted by atomic mass is 9.93. The lowest BCUT2D eigenvalue weighted by Gasteiger charge is -2.26.